The lowest BCUT2D eigenvalue weighted by Crippen LogP contribution is -2.40. The van der Waals surface area contributed by atoms with E-state index >= 15 is 0 Å². The highest BCUT2D eigenvalue weighted by atomic mass is 16.7. The van der Waals surface area contributed by atoms with Crippen molar-refractivity contribution >= 4 is 17.9 Å². The second-order valence-corrected chi connectivity index (χ2v) is 24.5. The monoisotopic (exact) mass is 1140 g/mol. The minimum atomic E-state index is -1.51. The van der Waals surface area contributed by atoms with Gasteiger partial charge in [-0.25, -0.2) is 4.79 Å². The van der Waals surface area contributed by atoms with Gasteiger partial charge in [-0.15, -0.1) is 0 Å². The molecule has 0 saturated carbocycles. The number of hydrogen-bond acceptors (Lipinski definition) is 7. The van der Waals surface area contributed by atoms with E-state index in [-0.39, 0.29) is 32.2 Å². The third-order valence-corrected chi connectivity index (χ3v) is 15.2. The molecule has 0 heterocycles. The van der Waals surface area contributed by atoms with E-state index < -0.39 is 24.3 Å². The van der Waals surface area contributed by atoms with Gasteiger partial charge in [0.1, 0.15) is 13.2 Å². The Kier molecular flexibility index (Phi) is 60.7. The van der Waals surface area contributed by atoms with Gasteiger partial charge in [-0.2, -0.15) is 0 Å². The zero-order chi connectivity index (χ0) is 59.1. The molecule has 2 atom stereocenters. The predicted octanol–water partition coefficient (Wildman–Crippen LogP) is 21.1. The fourth-order valence-electron chi connectivity index (χ4n) is 9.94. The summed E-state index contributed by atoms with van der Waals surface area (Å²) in [5.41, 5.74) is 0. The Balaban J connectivity index is 3.98. The molecule has 0 saturated heterocycles. The summed E-state index contributed by atoms with van der Waals surface area (Å²) < 4.78 is 22.9. The van der Waals surface area contributed by atoms with Crippen molar-refractivity contribution in [3.05, 3.63) is 60.8 Å². The highest BCUT2D eigenvalue weighted by Gasteiger charge is 2.25. The number of nitrogens with zero attached hydrogens (tertiary/aromatic N) is 1. The Morgan fingerprint density at radius 1 is 0.370 bits per heavy atom. The Morgan fingerprint density at radius 2 is 0.667 bits per heavy atom. The van der Waals surface area contributed by atoms with Crippen molar-refractivity contribution in [2.45, 2.75) is 334 Å². The predicted molar refractivity (Wildman–Crippen MR) is 346 cm³/mol. The number of allylic oxidation sites excluding steroid dienone is 10. The summed E-state index contributed by atoms with van der Waals surface area (Å²) in [6.07, 6.45) is 79.2. The van der Waals surface area contributed by atoms with Crippen molar-refractivity contribution in [3.8, 4) is 0 Å². The SMILES string of the molecule is CCCCC/C=C\C/C=C\CCCCCCCCCC(=O)OCC(COC(OCC[N+](C)(C)C)C(=O)O)OC(=O)CCCCCCCCCCCCCCCCCCCCCCCCCC/C=C\C/C=C\C/C=C\CCCCCCC. The van der Waals surface area contributed by atoms with E-state index in [0.29, 0.717) is 17.4 Å². The minimum absolute atomic E-state index is 0.184. The van der Waals surface area contributed by atoms with Crippen LogP contribution in [-0.4, -0.2) is 87.4 Å². The van der Waals surface area contributed by atoms with E-state index in [1.54, 1.807) is 0 Å². The normalized spacial score (nSPS) is 13.0. The molecule has 0 amide bonds. The molecule has 9 nitrogen and oxygen atoms in total. The molecule has 0 rings (SSSR count). The summed E-state index contributed by atoms with van der Waals surface area (Å²) in [7, 11) is 5.98. The largest absolute Gasteiger partial charge is 0.477 e. The Bertz CT molecular complexity index is 1510. The molecule has 2 unspecified atom stereocenters. The molecule has 1 N–H and O–H groups in total. The minimum Gasteiger partial charge on any atom is -0.477 e. The number of carboxylic acids is 1. The van der Waals surface area contributed by atoms with E-state index in [1.165, 1.54) is 225 Å². The van der Waals surface area contributed by atoms with Gasteiger partial charge in [0.15, 0.2) is 6.10 Å². The smallest absolute Gasteiger partial charge is 0.361 e. The van der Waals surface area contributed by atoms with E-state index in [9.17, 15) is 19.5 Å². The van der Waals surface area contributed by atoms with E-state index in [4.69, 9.17) is 18.9 Å². The van der Waals surface area contributed by atoms with Crippen LogP contribution < -0.4 is 0 Å². The molecule has 0 aromatic heterocycles. The quantitative estimate of drug-likeness (QED) is 0.0211. The van der Waals surface area contributed by atoms with E-state index in [1.807, 2.05) is 21.1 Å². The van der Waals surface area contributed by atoms with Gasteiger partial charge in [-0.1, -0.05) is 286 Å². The maximum absolute atomic E-state index is 12.9. The van der Waals surface area contributed by atoms with Crippen LogP contribution >= 0.6 is 0 Å². The van der Waals surface area contributed by atoms with Crippen molar-refractivity contribution in [1.29, 1.82) is 0 Å². The van der Waals surface area contributed by atoms with Crippen LogP contribution in [0.2, 0.25) is 0 Å². The Hall–Kier alpha value is -3.01. The lowest BCUT2D eigenvalue weighted by atomic mass is 10.0. The summed E-state index contributed by atoms with van der Waals surface area (Å²) in [5.74, 6) is -2.00. The molecule has 0 aliphatic carbocycles. The Labute approximate surface area is 501 Å². The van der Waals surface area contributed by atoms with Crippen LogP contribution in [-0.2, 0) is 33.3 Å². The summed E-state index contributed by atoms with van der Waals surface area (Å²) in [6, 6.07) is 0. The number of carbonyl (C=O) groups excluding carboxylic acids is 2. The first-order valence-corrected chi connectivity index (χ1v) is 34.5. The first-order valence-electron chi connectivity index (χ1n) is 34.5. The van der Waals surface area contributed by atoms with Crippen LogP contribution in [0.4, 0.5) is 0 Å². The fraction of sp³-hybridized carbons (Fsp3) is 0.819. The van der Waals surface area contributed by atoms with Crippen molar-refractivity contribution in [1.82, 2.24) is 0 Å². The molecule has 0 aromatic rings. The topological polar surface area (TPSA) is 108 Å². The third kappa shape index (κ3) is 64.4. The third-order valence-electron chi connectivity index (χ3n) is 15.2. The van der Waals surface area contributed by atoms with Crippen molar-refractivity contribution < 1.29 is 42.9 Å². The average molecular weight is 1140 g/mol. The lowest BCUT2D eigenvalue weighted by Gasteiger charge is -2.25. The summed E-state index contributed by atoms with van der Waals surface area (Å²) in [4.78, 5) is 37.5. The molecule has 0 aliphatic rings. The summed E-state index contributed by atoms with van der Waals surface area (Å²) in [5, 5.41) is 9.72. The van der Waals surface area contributed by atoms with Gasteiger partial charge in [0.2, 0.25) is 0 Å². The van der Waals surface area contributed by atoms with Crippen LogP contribution in [0.5, 0.6) is 0 Å². The van der Waals surface area contributed by atoms with Crippen LogP contribution in [0.25, 0.3) is 0 Å². The highest BCUT2D eigenvalue weighted by molar-refractivity contribution is 5.71. The molecular formula is C72H132NO8+. The molecule has 472 valence electrons. The first kappa shape index (κ1) is 78.0. The second kappa shape index (κ2) is 63.0. The number of ether oxygens (including phenoxy) is 4. The van der Waals surface area contributed by atoms with Crippen LogP contribution in [0, 0.1) is 0 Å². The average Bonchev–Trinajstić information content (AvgIpc) is 3.44. The molecule has 0 spiro atoms. The number of esters is 2. The van der Waals surface area contributed by atoms with E-state index in [2.05, 4.69) is 74.6 Å². The summed E-state index contributed by atoms with van der Waals surface area (Å²) in [6.45, 7) is 4.87. The van der Waals surface area contributed by atoms with Gasteiger partial charge in [-0.3, -0.25) is 9.59 Å². The van der Waals surface area contributed by atoms with Crippen LogP contribution in [0.15, 0.2) is 60.8 Å². The molecular weight excluding hydrogens is 1010 g/mol. The van der Waals surface area contributed by atoms with Crippen molar-refractivity contribution in [3.63, 3.8) is 0 Å². The number of carboxylic acid groups (broad SMARTS) is 1. The van der Waals surface area contributed by atoms with Gasteiger partial charge in [-0.05, 0) is 83.5 Å². The molecule has 0 aliphatic heterocycles. The second-order valence-electron chi connectivity index (χ2n) is 24.5. The zero-order valence-electron chi connectivity index (χ0n) is 53.9. The number of rotatable bonds is 64. The Morgan fingerprint density at radius 3 is 1.01 bits per heavy atom. The fourth-order valence-corrected chi connectivity index (χ4v) is 9.94. The van der Waals surface area contributed by atoms with Gasteiger partial charge < -0.3 is 28.5 Å². The number of carbonyl (C=O) groups is 3. The van der Waals surface area contributed by atoms with Crippen LogP contribution in [0.3, 0.4) is 0 Å². The van der Waals surface area contributed by atoms with Crippen LogP contribution in [0.1, 0.15) is 322 Å². The van der Waals surface area contributed by atoms with Crippen molar-refractivity contribution in [2.24, 2.45) is 0 Å². The number of hydrogen-bond donors (Lipinski definition) is 1. The standard InChI is InChI=1S/C72H131NO8/c1-6-8-10-12-14-16-18-20-22-24-25-26-27-28-29-30-31-32-33-34-35-36-37-38-39-40-41-42-43-44-45-47-49-51-53-55-57-59-61-63-70(75)81-68(67-80-72(71(76)77)78-65-64-73(3,4)5)66-79-69(74)62-60-58-56-54-52-50-48-46-23-21-19-17-15-13-11-9-7-2/h15,17-18,20-21,23-25,27-28,68,72H,6-14,16,19,22,26,29-67H2,1-5H3/p+1/b17-15-,20-18-,23-21-,25-24-,28-27-. The lowest BCUT2D eigenvalue weighted by molar-refractivity contribution is -0.870. The highest BCUT2D eigenvalue weighted by Crippen LogP contribution is 2.18. The molecule has 0 aromatic carbocycles. The zero-order valence-corrected chi connectivity index (χ0v) is 53.9. The molecule has 81 heavy (non-hydrogen) atoms. The maximum atomic E-state index is 12.9. The molecule has 9 heteroatoms. The van der Waals surface area contributed by atoms with Gasteiger partial charge in [0.25, 0.3) is 6.29 Å². The van der Waals surface area contributed by atoms with Gasteiger partial charge in [0, 0.05) is 12.8 Å². The number of quaternary nitrogens is 1. The first-order chi connectivity index (χ1) is 39.6. The maximum Gasteiger partial charge on any atom is 0.361 e. The van der Waals surface area contributed by atoms with E-state index in [0.717, 1.165) is 70.6 Å². The molecule has 0 bridgehead atoms. The molecule has 0 fully saturated rings. The summed E-state index contributed by atoms with van der Waals surface area (Å²) >= 11 is 0. The number of unbranched alkanes of at least 4 members (excludes halogenated alkanes) is 39. The molecule has 0 radical (unpaired) electrons. The van der Waals surface area contributed by atoms with Gasteiger partial charge >= 0.3 is 17.9 Å². The van der Waals surface area contributed by atoms with Crippen molar-refractivity contribution in [2.75, 3.05) is 47.5 Å². The van der Waals surface area contributed by atoms with Gasteiger partial charge in [0.05, 0.1) is 34.4 Å². The number of likely N-dealkylation sites (N-methyl/N-ethyl adjacent to an activating group) is 1. The number of aliphatic carboxylic acids is 1.